The van der Waals surface area contributed by atoms with Gasteiger partial charge in [-0.3, -0.25) is 0 Å². The number of urea groups is 1. The SMILES string of the molecule is COc1ccc(NC(=O)N(C)C[C@@H](C)C#N)cc1. The van der Waals surface area contributed by atoms with Crippen molar-refractivity contribution in [2.24, 2.45) is 5.92 Å². The summed E-state index contributed by atoms with van der Waals surface area (Å²) in [5, 5.41) is 11.4. The lowest BCUT2D eigenvalue weighted by Crippen LogP contribution is -2.34. The third kappa shape index (κ3) is 3.98. The molecule has 0 aliphatic rings. The van der Waals surface area contributed by atoms with Gasteiger partial charge < -0.3 is 15.0 Å². The third-order valence-electron chi connectivity index (χ3n) is 2.46. The lowest BCUT2D eigenvalue weighted by Gasteiger charge is -2.18. The Kier molecular flexibility index (Phi) is 5.00. The zero-order chi connectivity index (χ0) is 13.5. The molecule has 1 N–H and O–H groups in total. The van der Waals surface area contributed by atoms with Crippen LogP contribution in [-0.2, 0) is 0 Å². The number of nitrogens with zero attached hydrogens (tertiary/aromatic N) is 2. The molecule has 1 rings (SSSR count). The van der Waals surface area contributed by atoms with Gasteiger partial charge in [0.15, 0.2) is 0 Å². The molecule has 96 valence electrons. The summed E-state index contributed by atoms with van der Waals surface area (Å²) in [5.41, 5.74) is 0.692. The van der Waals surface area contributed by atoms with Crippen molar-refractivity contribution in [1.29, 1.82) is 5.26 Å². The molecule has 0 saturated heterocycles. The van der Waals surface area contributed by atoms with Crippen molar-refractivity contribution in [2.75, 3.05) is 26.0 Å². The van der Waals surface area contributed by atoms with E-state index in [-0.39, 0.29) is 11.9 Å². The molecule has 0 saturated carbocycles. The number of hydrogen-bond donors (Lipinski definition) is 1. The number of rotatable bonds is 4. The van der Waals surface area contributed by atoms with Gasteiger partial charge in [0.2, 0.25) is 0 Å². The average Bonchev–Trinajstić information content (AvgIpc) is 2.39. The number of benzene rings is 1. The van der Waals surface area contributed by atoms with E-state index in [0.717, 1.165) is 5.75 Å². The molecule has 1 atom stereocenters. The van der Waals surface area contributed by atoms with Gasteiger partial charge in [-0.15, -0.1) is 0 Å². The first-order valence-corrected chi connectivity index (χ1v) is 5.62. The van der Waals surface area contributed by atoms with E-state index in [0.29, 0.717) is 12.2 Å². The van der Waals surface area contributed by atoms with Gasteiger partial charge in [0.1, 0.15) is 5.75 Å². The summed E-state index contributed by atoms with van der Waals surface area (Å²) in [4.78, 5) is 13.3. The summed E-state index contributed by atoms with van der Waals surface area (Å²) in [7, 11) is 3.25. The minimum atomic E-state index is -0.234. The second kappa shape index (κ2) is 6.50. The molecule has 0 aromatic heterocycles. The van der Waals surface area contributed by atoms with Crippen LogP contribution in [0.5, 0.6) is 5.75 Å². The summed E-state index contributed by atoms with van der Waals surface area (Å²) in [5.74, 6) is 0.552. The Bertz CT molecular complexity index is 437. The van der Waals surface area contributed by atoms with Crippen LogP contribution in [0.15, 0.2) is 24.3 Å². The van der Waals surface area contributed by atoms with E-state index in [1.807, 2.05) is 0 Å². The molecule has 0 heterocycles. The monoisotopic (exact) mass is 247 g/mol. The average molecular weight is 247 g/mol. The number of anilines is 1. The van der Waals surface area contributed by atoms with E-state index in [4.69, 9.17) is 10.00 Å². The fourth-order valence-electron chi connectivity index (χ4n) is 1.43. The minimum Gasteiger partial charge on any atom is -0.497 e. The zero-order valence-corrected chi connectivity index (χ0v) is 10.8. The summed E-state index contributed by atoms with van der Waals surface area (Å²) < 4.78 is 5.03. The summed E-state index contributed by atoms with van der Waals surface area (Å²) in [6, 6.07) is 8.92. The number of carbonyl (C=O) groups is 1. The van der Waals surface area contributed by atoms with Gasteiger partial charge in [0, 0.05) is 19.3 Å². The van der Waals surface area contributed by atoms with Crippen molar-refractivity contribution >= 4 is 11.7 Å². The molecule has 2 amide bonds. The molecule has 5 heteroatoms. The molecule has 0 spiro atoms. The second-order valence-corrected chi connectivity index (χ2v) is 4.07. The Morgan fingerprint density at radius 1 is 1.50 bits per heavy atom. The Morgan fingerprint density at radius 2 is 2.11 bits per heavy atom. The normalized spacial score (nSPS) is 11.2. The maximum Gasteiger partial charge on any atom is 0.321 e. The lowest BCUT2D eigenvalue weighted by molar-refractivity contribution is 0.219. The van der Waals surface area contributed by atoms with E-state index < -0.39 is 0 Å². The number of methoxy groups -OCH3 is 1. The first kappa shape index (κ1) is 13.8. The Hall–Kier alpha value is -2.22. The molecule has 0 aliphatic carbocycles. The summed E-state index contributed by atoms with van der Waals surface area (Å²) in [6.45, 7) is 2.18. The van der Waals surface area contributed by atoms with E-state index in [1.54, 1.807) is 45.3 Å². The van der Waals surface area contributed by atoms with Gasteiger partial charge >= 0.3 is 6.03 Å². The van der Waals surface area contributed by atoms with Crippen molar-refractivity contribution in [2.45, 2.75) is 6.92 Å². The predicted molar refractivity (Wildman–Crippen MR) is 69.4 cm³/mol. The van der Waals surface area contributed by atoms with Crippen LogP contribution in [0.2, 0.25) is 0 Å². The molecule has 0 fully saturated rings. The van der Waals surface area contributed by atoms with Crippen molar-refractivity contribution in [3.63, 3.8) is 0 Å². The molecule has 0 radical (unpaired) electrons. The number of nitriles is 1. The molecule has 1 aromatic carbocycles. The maximum atomic E-state index is 11.8. The summed E-state index contributed by atoms with van der Waals surface area (Å²) in [6.07, 6.45) is 0. The lowest BCUT2D eigenvalue weighted by atomic mass is 10.2. The number of carbonyl (C=O) groups excluding carboxylic acids is 1. The van der Waals surface area contributed by atoms with E-state index in [9.17, 15) is 4.79 Å². The Morgan fingerprint density at radius 3 is 2.61 bits per heavy atom. The number of nitrogens with one attached hydrogen (secondary N) is 1. The highest BCUT2D eigenvalue weighted by Crippen LogP contribution is 2.15. The molecule has 1 aromatic rings. The van der Waals surface area contributed by atoms with Crippen molar-refractivity contribution in [3.05, 3.63) is 24.3 Å². The van der Waals surface area contributed by atoms with Crippen LogP contribution in [0.3, 0.4) is 0 Å². The van der Waals surface area contributed by atoms with Crippen LogP contribution in [0.1, 0.15) is 6.92 Å². The highest BCUT2D eigenvalue weighted by Gasteiger charge is 2.11. The van der Waals surface area contributed by atoms with Crippen LogP contribution in [-0.4, -0.2) is 31.6 Å². The minimum absolute atomic E-state index is 0.184. The zero-order valence-electron chi connectivity index (χ0n) is 10.8. The largest absolute Gasteiger partial charge is 0.497 e. The van der Waals surface area contributed by atoms with E-state index in [1.165, 1.54) is 4.90 Å². The highest BCUT2D eigenvalue weighted by atomic mass is 16.5. The molecular weight excluding hydrogens is 230 g/mol. The molecule has 5 nitrogen and oxygen atoms in total. The van der Waals surface area contributed by atoms with Crippen LogP contribution in [0.4, 0.5) is 10.5 Å². The molecule has 0 unspecified atom stereocenters. The molecule has 0 bridgehead atoms. The number of amides is 2. The van der Waals surface area contributed by atoms with Crippen molar-refractivity contribution in [3.8, 4) is 11.8 Å². The quantitative estimate of drug-likeness (QED) is 0.888. The topological polar surface area (TPSA) is 65.4 Å². The van der Waals surface area contributed by atoms with Gasteiger partial charge in [-0.05, 0) is 31.2 Å². The highest BCUT2D eigenvalue weighted by molar-refractivity contribution is 5.89. The van der Waals surface area contributed by atoms with Gasteiger partial charge in [0.05, 0.1) is 19.1 Å². The Balaban J connectivity index is 2.55. The van der Waals surface area contributed by atoms with Crippen molar-refractivity contribution in [1.82, 2.24) is 4.90 Å². The van der Waals surface area contributed by atoms with Gasteiger partial charge in [-0.2, -0.15) is 5.26 Å². The van der Waals surface area contributed by atoms with Gasteiger partial charge in [-0.25, -0.2) is 4.79 Å². The fourth-order valence-corrected chi connectivity index (χ4v) is 1.43. The van der Waals surface area contributed by atoms with Crippen LogP contribution >= 0.6 is 0 Å². The van der Waals surface area contributed by atoms with E-state index >= 15 is 0 Å². The molecular formula is C13H17N3O2. The third-order valence-corrected chi connectivity index (χ3v) is 2.46. The Labute approximate surface area is 107 Å². The molecule has 18 heavy (non-hydrogen) atoms. The van der Waals surface area contributed by atoms with Gasteiger partial charge in [-0.1, -0.05) is 0 Å². The van der Waals surface area contributed by atoms with Crippen LogP contribution in [0.25, 0.3) is 0 Å². The fraction of sp³-hybridized carbons (Fsp3) is 0.385. The number of ether oxygens (including phenoxy) is 1. The van der Waals surface area contributed by atoms with E-state index in [2.05, 4.69) is 11.4 Å². The maximum absolute atomic E-state index is 11.8. The van der Waals surface area contributed by atoms with Crippen LogP contribution in [0, 0.1) is 17.2 Å². The standard InChI is InChI=1S/C13H17N3O2/c1-10(8-14)9-16(2)13(17)15-11-4-6-12(18-3)7-5-11/h4-7,10H,9H2,1-3H3,(H,15,17)/t10-/m0/s1. The van der Waals surface area contributed by atoms with Gasteiger partial charge in [0.25, 0.3) is 0 Å². The van der Waals surface area contributed by atoms with Crippen molar-refractivity contribution < 1.29 is 9.53 Å². The van der Waals surface area contributed by atoms with Crippen LogP contribution < -0.4 is 10.1 Å². The molecule has 0 aliphatic heterocycles. The predicted octanol–water partition coefficient (Wildman–Crippen LogP) is 2.32. The number of hydrogen-bond acceptors (Lipinski definition) is 3. The summed E-state index contributed by atoms with van der Waals surface area (Å²) >= 11 is 0. The second-order valence-electron chi connectivity index (χ2n) is 4.07. The first-order valence-electron chi connectivity index (χ1n) is 5.62. The smallest absolute Gasteiger partial charge is 0.321 e. The first-order chi connectivity index (χ1) is 8.56.